The molecule has 0 aliphatic rings. The highest BCUT2D eigenvalue weighted by Crippen LogP contribution is 2.23. The molecule has 0 spiro atoms. The first-order valence-electron chi connectivity index (χ1n) is 5.85. The van der Waals surface area contributed by atoms with Crippen LogP contribution in [0.25, 0.3) is 0 Å². The predicted octanol–water partition coefficient (Wildman–Crippen LogP) is 2.03. The van der Waals surface area contributed by atoms with Crippen LogP contribution >= 0.6 is 0 Å². The molecule has 1 unspecified atom stereocenters. The Morgan fingerprint density at radius 3 is 2.82 bits per heavy atom. The Labute approximate surface area is 102 Å². The summed E-state index contributed by atoms with van der Waals surface area (Å²) < 4.78 is 0. The number of hydrogen-bond donors (Lipinski definition) is 3. The minimum absolute atomic E-state index is 0.0973. The Balaban J connectivity index is 2.58. The highest BCUT2D eigenvalue weighted by atomic mass is 16.3. The lowest BCUT2D eigenvalue weighted by molar-refractivity contribution is -0.116. The van der Waals surface area contributed by atoms with Gasteiger partial charge in [-0.3, -0.25) is 4.79 Å². The summed E-state index contributed by atoms with van der Waals surface area (Å²) >= 11 is 0. The molecule has 4 nitrogen and oxygen atoms in total. The van der Waals surface area contributed by atoms with Crippen LogP contribution in [0.15, 0.2) is 18.2 Å². The van der Waals surface area contributed by atoms with Crippen molar-refractivity contribution in [1.29, 1.82) is 0 Å². The van der Waals surface area contributed by atoms with Crippen LogP contribution in [-0.4, -0.2) is 23.6 Å². The van der Waals surface area contributed by atoms with Crippen LogP contribution in [0.5, 0.6) is 5.75 Å². The number of anilines is 1. The first-order chi connectivity index (χ1) is 8.02. The van der Waals surface area contributed by atoms with Gasteiger partial charge in [-0.25, -0.2) is 0 Å². The standard InChI is InChI=1S/C13H20N2O2/c1-4-14-10(3)8-13(17)15-11-7-9(2)5-6-12(11)16/h5-7,10,14,16H,4,8H2,1-3H3,(H,15,17). The normalized spacial score (nSPS) is 12.2. The van der Waals surface area contributed by atoms with Gasteiger partial charge in [0.05, 0.1) is 5.69 Å². The van der Waals surface area contributed by atoms with Gasteiger partial charge in [-0.05, 0) is 38.1 Å². The zero-order chi connectivity index (χ0) is 12.8. The van der Waals surface area contributed by atoms with Crippen molar-refractivity contribution in [3.8, 4) is 5.75 Å². The molecule has 0 saturated carbocycles. The average Bonchev–Trinajstić information content (AvgIpc) is 2.23. The van der Waals surface area contributed by atoms with E-state index in [0.717, 1.165) is 12.1 Å². The first-order valence-corrected chi connectivity index (χ1v) is 5.85. The average molecular weight is 236 g/mol. The van der Waals surface area contributed by atoms with Gasteiger partial charge >= 0.3 is 0 Å². The molecule has 1 rings (SSSR count). The van der Waals surface area contributed by atoms with Gasteiger partial charge in [-0.1, -0.05) is 13.0 Å². The van der Waals surface area contributed by atoms with Gasteiger partial charge in [0, 0.05) is 12.5 Å². The minimum Gasteiger partial charge on any atom is -0.506 e. The van der Waals surface area contributed by atoms with Gasteiger partial charge in [0.15, 0.2) is 0 Å². The van der Waals surface area contributed by atoms with Gasteiger partial charge in [0.25, 0.3) is 0 Å². The van der Waals surface area contributed by atoms with E-state index in [0.29, 0.717) is 12.1 Å². The highest BCUT2D eigenvalue weighted by Gasteiger charge is 2.10. The summed E-state index contributed by atoms with van der Waals surface area (Å²) in [4.78, 5) is 11.7. The third kappa shape index (κ3) is 4.44. The molecule has 94 valence electrons. The van der Waals surface area contributed by atoms with Gasteiger partial charge in [0.1, 0.15) is 5.75 Å². The number of phenolic OH excluding ortho intramolecular Hbond substituents is 1. The monoisotopic (exact) mass is 236 g/mol. The zero-order valence-corrected chi connectivity index (χ0v) is 10.6. The molecule has 0 aliphatic carbocycles. The van der Waals surface area contributed by atoms with Crippen LogP contribution in [0.2, 0.25) is 0 Å². The molecule has 0 radical (unpaired) electrons. The van der Waals surface area contributed by atoms with Crippen LogP contribution in [0.1, 0.15) is 25.8 Å². The lowest BCUT2D eigenvalue weighted by Gasteiger charge is -2.13. The third-order valence-corrected chi connectivity index (χ3v) is 2.47. The summed E-state index contributed by atoms with van der Waals surface area (Å²) in [6, 6.07) is 5.27. The molecule has 1 amide bonds. The molecular formula is C13H20N2O2. The maximum Gasteiger partial charge on any atom is 0.226 e. The number of carbonyl (C=O) groups is 1. The molecule has 0 aliphatic heterocycles. The fourth-order valence-corrected chi connectivity index (χ4v) is 1.65. The number of aromatic hydroxyl groups is 1. The molecule has 1 atom stereocenters. The van der Waals surface area contributed by atoms with E-state index in [9.17, 15) is 9.90 Å². The van der Waals surface area contributed by atoms with E-state index in [4.69, 9.17) is 0 Å². The van der Waals surface area contributed by atoms with Crippen LogP contribution in [0, 0.1) is 6.92 Å². The number of phenols is 1. The second-order valence-corrected chi connectivity index (χ2v) is 4.23. The molecular weight excluding hydrogens is 216 g/mol. The Morgan fingerprint density at radius 1 is 1.47 bits per heavy atom. The molecule has 1 aromatic rings. The topological polar surface area (TPSA) is 61.4 Å². The molecule has 0 heterocycles. The second kappa shape index (κ2) is 6.25. The van der Waals surface area contributed by atoms with Crippen molar-refractivity contribution < 1.29 is 9.90 Å². The highest BCUT2D eigenvalue weighted by molar-refractivity contribution is 5.92. The molecule has 0 fully saturated rings. The summed E-state index contributed by atoms with van der Waals surface area (Å²) in [5.74, 6) is -0.000552. The van der Waals surface area contributed by atoms with E-state index < -0.39 is 0 Å². The summed E-state index contributed by atoms with van der Waals surface area (Å²) in [6.45, 7) is 6.71. The molecule has 3 N–H and O–H groups in total. The first kappa shape index (κ1) is 13.5. The van der Waals surface area contributed by atoms with Gasteiger partial charge in [0.2, 0.25) is 5.91 Å². The molecule has 1 aromatic carbocycles. The van der Waals surface area contributed by atoms with E-state index in [1.165, 1.54) is 0 Å². The van der Waals surface area contributed by atoms with E-state index in [1.54, 1.807) is 18.2 Å². The van der Waals surface area contributed by atoms with Crippen molar-refractivity contribution in [2.45, 2.75) is 33.2 Å². The second-order valence-electron chi connectivity index (χ2n) is 4.23. The fourth-order valence-electron chi connectivity index (χ4n) is 1.65. The number of rotatable bonds is 5. The number of carbonyl (C=O) groups excluding carboxylic acids is 1. The lowest BCUT2D eigenvalue weighted by Crippen LogP contribution is -2.30. The van der Waals surface area contributed by atoms with Crippen LogP contribution < -0.4 is 10.6 Å². The van der Waals surface area contributed by atoms with E-state index in [2.05, 4.69) is 10.6 Å². The van der Waals surface area contributed by atoms with Crippen molar-refractivity contribution >= 4 is 11.6 Å². The maximum atomic E-state index is 11.7. The Bertz CT molecular complexity index is 391. The molecule has 4 heteroatoms. The van der Waals surface area contributed by atoms with Gasteiger partial charge < -0.3 is 15.7 Å². The Hall–Kier alpha value is -1.55. The van der Waals surface area contributed by atoms with Gasteiger partial charge in [-0.15, -0.1) is 0 Å². The van der Waals surface area contributed by atoms with Crippen molar-refractivity contribution in [1.82, 2.24) is 5.32 Å². The van der Waals surface area contributed by atoms with Crippen molar-refractivity contribution in [2.75, 3.05) is 11.9 Å². The number of amides is 1. The molecule has 17 heavy (non-hydrogen) atoms. The zero-order valence-electron chi connectivity index (χ0n) is 10.6. The number of hydrogen-bond acceptors (Lipinski definition) is 3. The third-order valence-electron chi connectivity index (χ3n) is 2.47. The van der Waals surface area contributed by atoms with Crippen molar-refractivity contribution in [3.05, 3.63) is 23.8 Å². The Kier molecular flexibility index (Phi) is 4.97. The number of aryl methyl sites for hydroxylation is 1. The molecule has 0 bridgehead atoms. The quantitative estimate of drug-likeness (QED) is 0.685. The van der Waals surface area contributed by atoms with Crippen LogP contribution in [0.4, 0.5) is 5.69 Å². The summed E-state index contributed by atoms with van der Waals surface area (Å²) in [6.07, 6.45) is 0.390. The summed E-state index contributed by atoms with van der Waals surface area (Å²) in [5, 5.41) is 15.5. The maximum absolute atomic E-state index is 11.7. The van der Waals surface area contributed by atoms with Crippen LogP contribution in [0.3, 0.4) is 0 Å². The van der Waals surface area contributed by atoms with E-state index in [-0.39, 0.29) is 17.7 Å². The van der Waals surface area contributed by atoms with Crippen molar-refractivity contribution in [3.63, 3.8) is 0 Å². The number of benzene rings is 1. The van der Waals surface area contributed by atoms with Gasteiger partial charge in [-0.2, -0.15) is 0 Å². The van der Waals surface area contributed by atoms with Crippen molar-refractivity contribution in [2.24, 2.45) is 0 Å². The van der Waals surface area contributed by atoms with Crippen LogP contribution in [-0.2, 0) is 4.79 Å². The lowest BCUT2D eigenvalue weighted by atomic mass is 10.2. The minimum atomic E-state index is -0.0978. The summed E-state index contributed by atoms with van der Waals surface area (Å²) in [5.41, 5.74) is 1.47. The molecule has 0 saturated heterocycles. The smallest absolute Gasteiger partial charge is 0.226 e. The molecule has 0 aromatic heterocycles. The summed E-state index contributed by atoms with van der Waals surface area (Å²) in [7, 11) is 0. The fraction of sp³-hybridized carbons (Fsp3) is 0.462. The number of nitrogens with one attached hydrogen (secondary N) is 2. The van der Waals surface area contributed by atoms with E-state index in [1.807, 2.05) is 20.8 Å². The Morgan fingerprint density at radius 2 is 2.18 bits per heavy atom. The largest absolute Gasteiger partial charge is 0.506 e. The SMILES string of the molecule is CCNC(C)CC(=O)Nc1cc(C)ccc1O. The van der Waals surface area contributed by atoms with E-state index >= 15 is 0 Å². The predicted molar refractivity (Wildman–Crippen MR) is 69.2 cm³/mol.